The molecule has 2 aromatic rings. The molecule has 25 heavy (non-hydrogen) atoms. The highest BCUT2D eigenvalue weighted by atomic mass is 79.9. The van der Waals surface area contributed by atoms with E-state index in [1.165, 1.54) is 6.07 Å². The van der Waals surface area contributed by atoms with Gasteiger partial charge >= 0.3 is 6.09 Å². The number of benzene rings is 1. The second kappa shape index (κ2) is 5.97. The Labute approximate surface area is 155 Å². The van der Waals surface area contributed by atoms with Crippen LogP contribution in [0, 0.1) is 5.82 Å². The van der Waals surface area contributed by atoms with Gasteiger partial charge in [0.15, 0.2) is 5.82 Å². The highest BCUT2D eigenvalue weighted by Gasteiger charge is 2.51. The normalized spacial score (nSPS) is 16.3. The van der Waals surface area contributed by atoms with E-state index in [0.29, 0.717) is 21.3 Å². The summed E-state index contributed by atoms with van der Waals surface area (Å²) in [4.78, 5) is 16.8. The fourth-order valence-corrected chi connectivity index (χ4v) is 3.43. The second-order valence-electron chi connectivity index (χ2n) is 7.86. The van der Waals surface area contributed by atoms with Crippen molar-refractivity contribution in [2.24, 2.45) is 0 Å². The van der Waals surface area contributed by atoms with Crippen molar-refractivity contribution >= 4 is 33.1 Å². The minimum atomic E-state index is -0.593. The predicted octanol–water partition coefficient (Wildman–Crippen LogP) is 5.03. The van der Waals surface area contributed by atoms with Crippen molar-refractivity contribution in [3.05, 3.63) is 28.2 Å². The number of nitrogens with zero attached hydrogens (tertiary/aromatic N) is 2. The Morgan fingerprint density at radius 2 is 2.04 bits per heavy atom. The van der Waals surface area contributed by atoms with Crippen LogP contribution in [0.2, 0.25) is 0 Å². The summed E-state index contributed by atoms with van der Waals surface area (Å²) < 4.78 is 22.4. The van der Waals surface area contributed by atoms with E-state index >= 15 is 0 Å². The van der Waals surface area contributed by atoms with Gasteiger partial charge in [-0.1, -0.05) is 15.9 Å². The summed E-state index contributed by atoms with van der Waals surface area (Å²) in [6.07, 6.45) is 1.03. The van der Waals surface area contributed by atoms with Gasteiger partial charge in [0.1, 0.15) is 22.5 Å². The number of aromatic nitrogens is 2. The van der Waals surface area contributed by atoms with Gasteiger partial charge in [-0.15, -0.1) is 0 Å². The Morgan fingerprint density at radius 1 is 1.40 bits per heavy atom. The molecule has 1 aliphatic rings. The molecule has 0 atom stereocenters. The molecule has 1 aliphatic carbocycles. The van der Waals surface area contributed by atoms with E-state index in [0.717, 1.165) is 12.8 Å². The average Bonchev–Trinajstić information content (AvgIpc) is 3.07. The summed E-state index contributed by atoms with van der Waals surface area (Å²) in [6.45, 7) is 9.51. The topological polar surface area (TPSA) is 56.2 Å². The highest BCUT2D eigenvalue weighted by molar-refractivity contribution is 9.10. The predicted molar refractivity (Wildman–Crippen MR) is 98.1 cm³/mol. The number of ether oxygens (including phenoxy) is 1. The van der Waals surface area contributed by atoms with E-state index < -0.39 is 17.2 Å². The van der Waals surface area contributed by atoms with Crippen LogP contribution in [0.5, 0.6) is 0 Å². The number of imidazole rings is 1. The third-order valence-electron chi connectivity index (χ3n) is 4.15. The van der Waals surface area contributed by atoms with Crippen molar-refractivity contribution in [1.29, 1.82) is 0 Å². The molecule has 1 heterocycles. The quantitative estimate of drug-likeness (QED) is 0.769. The monoisotopic (exact) mass is 411 g/mol. The molecule has 0 unspecified atom stereocenters. The standard InChI is InChI=1S/C18H23BrFN3O2/c1-10(2)23-13-9-11(19)8-12(20)14(13)21-15(23)18(6-7-18)22-16(24)25-17(3,4)5/h8-10H,6-7H2,1-5H3,(H,22,24). The molecule has 3 rings (SSSR count). The smallest absolute Gasteiger partial charge is 0.408 e. The summed E-state index contributed by atoms with van der Waals surface area (Å²) >= 11 is 3.34. The molecule has 1 N–H and O–H groups in total. The molecular weight excluding hydrogens is 389 g/mol. The molecule has 1 fully saturated rings. The molecule has 0 bridgehead atoms. The van der Waals surface area contributed by atoms with Gasteiger partial charge in [-0.25, -0.2) is 14.2 Å². The molecule has 0 aliphatic heterocycles. The van der Waals surface area contributed by atoms with Gasteiger partial charge in [-0.2, -0.15) is 0 Å². The van der Waals surface area contributed by atoms with Crippen LogP contribution in [-0.4, -0.2) is 21.2 Å². The maximum absolute atomic E-state index is 14.4. The van der Waals surface area contributed by atoms with Gasteiger partial charge in [-0.05, 0) is 59.6 Å². The number of amides is 1. The maximum atomic E-state index is 14.4. The number of carbonyl (C=O) groups is 1. The zero-order valence-corrected chi connectivity index (χ0v) is 16.7. The highest BCUT2D eigenvalue weighted by Crippen LogP contribution is 2.47. The third kappa shape index (κ3) is 3.52. The summed E-state index contributed by atoms with van der Waals surface area (Å²) in [6, 6.07) is 3.34. The number of hydrogen-bond acceptors (Lipinski definition) is 3. The lowest BCUT2D eigenvalue weighted by Gasteiger charge is -2.24. The van der Waals surface area contributed by atoms with Crippen molar-refractivity contribution in [2.45, 2.75) is 64.6 Å². The number of hydrogen-bond donors (Lipinski definition) is 1. The molecule has 0 saturated heterocycles. The number of fused-ring (bicyclic) bond motifs is 1. The van der Waals surface area contributed by atoms with Crippen LogP contribution in [0.15, 0.2) is 16.6 Å². The van der Waals surface area contributed by atoms with E-state index in [4.69, 9.17) is 4.74 Å². The summed E-state index contributed by atoms with van der Waals surface area (Å²) in [5, 5.41) is 2.95. The molecule has 5 nitrogen and oxygen atoms in total. The Bertz CT molecular complexity index is 835. The van der Waals surface area contributed by atoms with E-state index in [-0.39, 0.29) is 11.9 Å². The van der Waals surface area contributed by atoms with E-state index in [9.17, 15) is 9.18 Å². The minimum Gasteiger partial charge on any atom is -0.444 e. The van der Waals surface area contributed by atoms with Crippen molar-refractivity contribution < 1.29 is 13.9 Å². The largest absolute Gasteiger partial charge is 0.444 e. The first-order valence-electron chi connectivity index (χ1n) is 8.41. The lowest BCUT2D eigenvalue weighted by atomic mass is 10.2. The molecular formula is C18H23BrFN3O2. The van der Waals surface area contributed by atoms with Crippen LogP contribution in [0.4, 0.5) is 9.18 Å². The zero-order chi connectivity index (χ0) is 18.6. The van der Waals surface area contributed by atoms with Crippen molar-refractivity contribution in [3.8, 4) is 0 Å². The molecule has 0 spiro atoms. The molecule has 136 valence electrons. The average molecular weight is 412 g/mol. The van der Waals surface area contributed by atoms with E-state index in [2.05, 4.69) is 26.2 Å². The van der Waals surface area contributed by atoms with Crippen LogP contribution >= 0.6 is 15.9 Å². The molecule has 1 aromatic carbocycles. The number of nitrogens with one attached hydrogen (secondary N) is 1. The number of alkyl carbamates (subject to hydrolysis) is 1. The third-order valence-corrected chi connectivity index (χ3v) is 4.61. The van der Waals surface area contributed by atoms with E-state index in [1.54, 1.807) is 0 Å². The minimum absolute atomic E-state index is 0.0756. The maximum Gasteiger partial charge on any atom is 0.408 e. The lowest BCUT2D eigenvalue weighted by molar-refractivity contribution is 0.0491. The zero-order valence-electron chi connectivity index (χ0n) is 15.1. The fraction of sp³-hybridized carbons (Fsp3) is 0.556. The van der Waals surface area contributed by atoms with Crippen LogP contribution in [0.1, 0.15) is 59.3 Å². The second-order valence-corrected chi connectivity index (χ2v) is 8.78. The number of halogens is 2. The Morgan fingerprint density at radius 3 is 2.56 bits per heavy atom. The first kappa shape index (κ1) is 18.2. The molecule has 1 amide bonds. The number of carbonyl (C=O) groups excluding carboxylic acids is 1. The Hall–Kier alpha value is -1.63. The fourth-order valence-electron chi connectivity index (χ4n) is 3.01. The van der Waals surface area contributed by atoms with Crippen LogP contribution in [0.25, 0.3) is 11.0 Å². The van der Waals surface area contributed by atoms with Gasteiger partial charge in [0, 0.05) is 10.5 Å². The lowest BCUT2D eigenvalue weighted by Crippen LogP contribution is -2.40. The van der Waals surface area contributed by atoms with Gasteiger partial charge in [0.25, 0.3) is 0 Å². The summed E-state index contributed by atoms with van der Waals surface area (Å²) in [7, 11) is 0. The van der Waals surface area contributed by atoms with Gasteiger partial charge in [0.2, 0.25) is 0 Å². The van der Waals surface area contributed by atoms with Gasteiger partial charge in [0.05, 0.1) is 5.52 Å². The number of rotatable bonds is 3. The van der Waals surface area contributed by atoms with Crippen molar-refractivity contribution in [2.75, 3.05) is 0 Å². The van der Waals surface area contributed by atoms with Gasteiger partial charge < -0.3 is 14.6 Å². The van der Waals surface area contributed by atoms with E-state index in [1.807, 2.05) is 45.3 Å². The molecule has 7 heteroatoms. The first-order valence-corrected chi connectivity index (χ1v) is 9.20. The van der Waals surface area contributed by atoms with Gasteiger partial charge in [-0.3, -0.25) is 0 Å². The molecule has 1 aromatic heterocycles. The Kier molecular flexibility index (Phi) is 4.34. The van der Waals surface area contributed by atoms with Crippen LogP contribution in [-0.2, 0) is 10.3 Å². The Balaban J connectivity index is 2.05. The van der Waals surface area contributed by atoms with Crippen molar-refractivity contribution in [3.63, 3.8) is 0 Å². The van der Waals surface area contributed by atoms with Crippen LogP contribution < -0.4 is 5.32 Å². The summed E-state index contributed by atoms with van der Waals surface area (Å²) in [5.41, 5.74) is -0.127. The van der Waals surface area contributed by atoms with Crippen molar-refractivity contribution in [1.82, 2.24) is 14.9 Å². The molecule has 0 radical (unpaired) electrons. The SMILES string of the molecule is CC(C)n1c(C2(NC(=O)OC(C)(C)C)CC2)nc2c(F)cc(Br)cc21. The van der Waals surface area contributed by atoms with Crippen LogP contribution in [0.3, 0.4) is 0 Å². The molecule has 1 saturated carbocycles. The summed E-state index contributed by atoms with van der Waals surface area (Å²) in [5.74, 6) is 0.304. The first-order chi connectivity index (χ1) is 11.5.